The topological polar surface area (TPSA) is 101 Å². The molecule has 0 radical (unpaired) electrons. The fourth-order valence-corrected chi connectivity index (χ4v) is 3.16. The SMILES string of the molecule is CC(=O)NC(=N)/N=C\Nc1ccc(/C=C/C(c2cc(Cl)cc(Cl)c2)C(F)(F)F)cc1C#N. The number of benzene rings is 2. The van der Waals surface area contributed by atoms with Crippen molar-refractivity contribution in [3.63, 3.8) is 0 Å². The van der Waals surface area contributed by atoms with Gasteiger partial charge in [0.2, 0.25) is 11.9 Å². The molecule has 0 saturated carbocycles. The number of aliphatic imine (C=N–C) groups is 1. The second kappa shape index (κ2) is 10.8. The van der Waals surface area contributed by atoms with Crippen LogP contribution in [-0.4, -0.2) is 24.4 Å². The number of anilines is 1. The number of amides is 1. The number of nitrogens with one attached hydrogen (secondary N) is 3. The second-order valence-corrected chi connectivity index (χ2v) is 7.30. The van der Waals surface area contributed by atoms with Gasteiger partial charge in [0.15, 0.2) is 0 Å². The smallest absolute Gasteiger partial charge is 0.345 e. The normalized spacial score (nSPS) is 12.5. The predicted molar refractivity (Wildman–Crippen MR) is 119 cm³/mol. The Morgan fingerprint density at radius 2 is 1.88 bits per heavy atom. The molecule has 11 heteroatoms. The van der Waals surface area contributed by atoms with Crippen molar-refractivity contribution < 1.29 is 18.0 Å². The van der Waals surface area contributed by atoms with Gasteiger partial charge in [0, 0.05) is 17.0 Å². The molecule has 0 heterocycles. The summed E-state index contributed by atoms with van der Waals surface area (Å²) in [6.07, 6.45) is -1.27. The summed E-state index contributed by atoms with van der Waals surface area (Å²) >= 11 is 11.7. The van der Waals surface area contributed by atoms with E-state index in [9.17, 15) is 23.2 Å². The van der Waals surface area contributed by atoms with E-state index in [2.05, 4.69) is 15.6 Å². The summed E-state index contributed by atoms with van der Waals surface area (Å²) in [5, 5.41) is 21.8. The van der Waals surface area contributed by atoms with Crippen LogP contribution in [0.4, 0.5) is 18.9 Å². The number of carbonyl (C=O) groups excluding carboxylic acids is 1. The molecule has 6 nitrogen and oxygen atoms in total. The Kier molecular flexibility index (Phi) is 8.41. The summed E-state index contributed by atoms with van der Waals surface area (Å²) in [4.78, 5) is 14.5. The summed E-state index contributed by atoms with van der Waals surface area (Å²) in [5.41, 5.74) is 0.706. The van der Waals surface area contributed by atoms with Gasteiger partial charge in [-0.3, -0.25) is 15.5 Å². The molecule has 2 aromatic rings. The lowest BCUT2D eigenvalue weighted by Crippen LogP contribution is -2.25. The summed E-state index contributed by atoms with van der Waals surface area (Å²) in [6.45, 7) is 1.22. The summed E-state index contributed by atoms with van der Waals surface area (Å²) in [6, 6.07) is 10.0. The van der Waals surface area contributed by atoms with Crippen LogP contribution in [0, 0.1) is 16.7 Å². The first-order valence-electron chi connectivity index (χ1n) is 8.90. The average Bonchev–Trinajstić information content (AvgIpc) is 2.66. The average molecular weight is 482 g/mol. The fourth-order valence-electron chi connectivity index (χ4n) is 2.62. The number of nitrogens with zero attached hydrogens (tertiary/aromatic N) is 2. The van der Waals surface area contributed by atoms with E-state index >= 15 is 0 Å². The molecular formula is C21H16Cl2F3N5O. The number of nitriles is 1. The molecule has 0 bridgehead atoms. The van der Waals surface area contributed by atoms with E-state index in [1.165, 1.54) is 49.4 Å². The summed E-state index contributed by atoms with van der Waals surface area (Å²) < 4.78 is 40.8. The van der Waals surface area contributed by atoms with Crippen molar-refractivity contribution in [1.82, 2.24) is 5.32 Å². The highest BCUT2D eigenvalue weighted by atomic mass is 35.5. The van der Waals surface area contributed by atoms with Crippen LogP contribution in [0.5, 0.6) is 0 Å². The van der Waals surface area contributed by atoms with Crippen molar-refractivity contribution in [3.05, 3.63) is 69.2 Å². The van der Waals surface area contributed by atoms with Gasteiger partial charge in [0.1, 0.15) is 6.07 Å². The molecule has 2 aromatic carbocycles. The molecule has 1 amide bonds. The lowest BCUT2D eigenvalue weighted by molar-refractivity contribution is -0.139. The van der Waals surface area contributed by atoms with Crippen LogP contribution >= 0.6 is 23.2 Å². The van der Waals surface area contributed by atoms with Crippen LogP contribution in [0.25, 0.3) is 6.08 Å². The van der Waals surface area contributed by atoms with Gasteiger partial charge in [-0.05, 0) is 41.5 Å². The standard InChI is InChI=1S/C21H16Cl2F3N5O/c1-12(32)31-20(28)30-11-29-19-5-3-13(6-15(19)10-27)2-4-18(21(24,25)26)14-7-16(22)9-17(23)8-14/h2-9,11,18H,1H3,(H3,28,29,30,31,32)/b4-2+. The Hall–Kier alpha value is -3.35. The minimum Gasteiger partial charge on any atom is -0.345 e. The minimum atomic E-state index is -4.58. The molecule has 0 aliphatic carbocycles. The maximum Gasteiger partial charge on any atom is 0.399 e. The van der Waals surface area contributed by atoms with Crippen LogP contribution in [0.3, 0.4) is 0 Å². The molecule has 1 unspecified atom stereocenters. The largest absolute Gasteiger partial charge is 0.399 e. The first kappa shape index (κ1) is 24.9. The van der Waals surface area contributed by atoms with Crippen molar-refractivity contribution >= 4 is 53.2 Å². The third-order valence-corrected chi connectivity index (χ3v) is 4.39. The quantitative estimate of drug-likeness (QED) is 0.375. The van der Waals surface area contributed by atoms with Crippen LogP contribution in [0.1, 0.15) is 29.5 Å². The zero-order chi connectivity index (χ0) is 23.9. The summed E-state index contributed by atoms with van der Waals surface area (Å²) in [7, 11) is 0. The number of halogens is 5. The number of alkyl halides is 3. The van der Waals surface area contributed by atoms with E-state index in [0.29, 0.717) is 11.3 Å². The molecule has 32 heavy (non-hydrogen) atoms. The van der Waals surface area contributed by atoms with Gasteiger partial charge in [-0.15, -0.1) is 0 Å². The Bertz CT molecular complexity index is 1100. The molecule has 0 aromatic heterocycles. The number of carbonyl (C=O) groups is 1. The Labute approximate surface area is 191 Å². The molecule has 1 atom stereocenters. The lowest BCUT2D eigenvalue weighted by Gasteiger charge is -2.18. The first-order chi connectivity index (χ1) is 15.0. The number of allylic oxidation sites excluding steroid dienone is 1. The van der Waals surface area contributed by atoms with Gasteiger partial charge in [-0.2, -0.15) is 18.4 Å². The second-order valence-electron chi connectivity index (χ2n) is 6.43. The molecule has 0 spiro atoms. The van der Waals surface area contributed by atoms with E-state index < -0.39 is 24.0 Å². The van der Waals surface area contributed by atoms with Crippen molar-refractivity contribution in [1.29, 1.82) is 10.7 Å². The third kappa shape index (κ3) is 7.41. The maximum absolute atomic E-state index is 13.6. The Balaban J connectivity index is 2.25. The van der Waals surface area contributed by atoms with E-state index in [4.69, 9.17) is 28.6 Å². The maximum atomic E-state index is 13.6. The molecule has 0 aliphatic rings. The molecule has 0 saturated heterocycles. The zero-order valence-corrected chi connectivity index (χ0v) is 18.0. The van der Waals surface area contributed by atoms with Crippen LogP contribution in [0.15, 0.2) is 47.5 Å². The minimum absolute atomic E-state index is 0.0885. The van der Waals surface area contributed by atoms with Gasteiger partial charge < -0.3 is 5.32 Å². The van der Waals surface area contributed by atoms with Crippen molar-refractivity contribution in [2.24, 2.45) is 4.99 Å². The summed E-state index contributed by atoms with van der Waals surface area (Å²) in [5.74, 6) is -2.81. The van der Waals surface area contributed by atoms with Crippen molar-refractivity contribution in [2.75, 3.05) is 5.32 Å². The molecule has 3 N–H and O–H groups in total. The monoisotopic (exact) mass is 481 g/mol. The molecule has 0 fully saturated rings. The van der Waals surface area contributed by atoms with E-state index in [1.54, 1.807) is 0 Å². The van der Waals surface area contributed by atoms with Crippen LogP contribution in [0.2, 0.25) is 10.0 Å². The molecular weight excluding hydrogens is 466 g/mol. The molecule has 166 valence electrons. The van der Waals surface area contributed by atoms with Gasteiger partial charge in [0.05, 0.1) is 23.5 Å². The number of hydrogen-bond donors (Lipinski definition) is 3. The fraction of sp³-hybridized carbons (Fsp3) is 0.143. The van der Waals surface area contributed by atoms with E-state index in [0.717, 1.165) is 12.4 Å². The Morgan fingerprint density at radius 1 is 1.22 bits per heavy atom. The third-order valence-electron chi connectivity index (χ3n) is 3.95. The lowest BCUT2D eigenvalue weighted by atomic mass is 9.96. The van der Waals surface area contributed by atoms with E-state index in [-0.39, 0.29) is 21.2 Å². The number of hydrogen-bond acceptors (Lipinski definition) is 3. The molecule has 0 aliphatic heterocycles. The Morgan fingerprint density at radius 3 is 2.44 bits per heavy atom. The highest BCUT2D eigenvalue weighted by Crippen LogP contribution is 2.38. The van der Waals surface area contributed by atoms with Gasteiger partial charge in [0.25, 0.3) is 0 Å². The predicted octanol–water partition coefficient (Wildman–Crippen LogP) is 5.74. The highest BCUT2D eigenvalue weighted by Gasteiger charge is 2.39. The van der Waals surface area contributed by atoms with Gasteiger partial charge >= 0.3 is 6.18 Å². The zero-order valence-electron chi connectivity index (χ0n) is 16.5. The van der Waals surface area contributed by atoms with Crippen LogP contribution < -0.4 is 10.6 Å². The van der Waals surface area contributed by atoms with Crippen molar-refractivity contribution in [2.45, 2.75) is 19.0 Å². The van der Waals surface area contributed by atoms with Crippen molar-refractivity contribution in [3.8, 4) is 6.07 Å². The first-order valence-corrected chi connectivity index (χ1v) is 9.65. The number of rotatable bonds is 5. The van der Waals surface area contributed by atoms with Crippen LogP contribution in [-0.2, 0) is 4.79 Å². The van der Waals surface area contributed by atoms with Gasteiger partial charge in [-0.25, -0.2) is 4.99 Å². The highest BCUT2D eigenvalue weighted by molar-refractivity contribution is 6.34. The van der Waals surface area contributed by atoms with Gasteiger partial charge in [-0.1, -0.05) is 41.4 Å². The number of guanidine groups is 1. The van der Waals surface area contributed by atoms with E-state index in [1.807, 2.05) is 6.07 Å². The molecule has 2 rings (SSSR count).